The zero-order valence-electron chi connectivity index (χ0n) is 12.0. The van der Waals surface area contributed by atoms with E-state index in [-0.39, 0.29) is 11.8 Å². The zero-order valence-corrected chi connectivity index (χ0v) is 12.0. The highest BCUT2D eigenvalue weighted by atomic mass is 16.2. The molecule has 0 aromatic heterocycles. The maximum absolute atomic E-state index is 12.5. The van der Waals surface area contributed by atoms with E-state index in [0.29, 0.717) is 24.3 Å². The van der Waals surface area contributed by atoms with E-state index in [9.17, 15) is 14.4 Å². The number of hydrogen-bond donors (Lipinski definition) is 3. The first kappa shape index (κ1) is 14.8. The van der Waals surface area contributed by atoms with Gasteiger partial charge >= 0.3 is 6.03 Å². The highest BCUT2D eigenvalue weighted by molar-refractivity contribution is 6.00. The number of urea groups is 1. The van der Waals surface area contributed by atoms with Crippen molar-refractivity contribution in [2.24, 2.45) is 5.73 Å². The van der Waals surface area contributed by atoms with E-state index in [2.05, 4.69) is 10.6 Å². The van der Waals surface area contributed by atoms with Gasteiger partial charge in [0.25, 0.3) is 5.91 Å². The highest BCUT2D eigenvalue weighted by Gasteiger charge is 2.40. The SMILES string of the molecule is CC1(C)C(=O)NCCN1C(=O)c1ccc(NC(N)=O)cc1. The van der Waals surface area contributed by atoms with Gasteiger partial charge in [0.1, 0.15) is 5.54 Å². The molecule has 0 bridgehead atoms. The Hall–Kier alpha value is -2.57. The molecule has 1 aliphatic heterocycles. The van der Waals surface area contributed by atoms with Crippen molar-refractivity contribution in [2.75, 3.05) is 18.4 Å². The number of nitrogens with zero attached hydrogens (tertiary/aromatic N) is 1. The van der Waals surface area contributed by atoms with Crippen molar-refractivity contribution in [1.82, 2.24) is 10.2 Å². The lowest BCUT2D eigenvalue weighted by Crippen LogP contribution is -2.63. The van der Waals surface area contributed by atoms with Gasteiger partial charge in [0.05, 0.1) is 0 Å². The summed E-state index contributed by atoms with van der Waals surface area (Å²) in [5.74, 6) is -0.394. The van der Waals surface area contributed by atoms with Crippen LogP contribution in [0.1, 0.15) is 24.2 Å². The molecule has 0 radical (unpaired) electrons. The number of rotatable bonds is 2. The largest absolute Gasteiger partial charge is 0.352 e. The van der Waals surface area contributed by atoms with Gasteiger partial charge in [-0.2, -0.15) is 0 Å². The van der Waals surface area contributed by atoms with Crippen molar-refractivity contribution in [3.63, 3.8) is 0 Å². The van der Waals surface area contributed by atoms with Gasteiger partial charge in [-0.25, -0.2) is 4.79 Å². The van der Waals surface area contributed by atoms with Crippen LogP contribution in [0, 0.1) is 0 Å². The monoisotopic (exact) mass is 290 g/mol. The highest BCUT2D eigenvalue weighted by Crippen LogP contribution is 2.21. The molecular formula is C14H18N4O3. The number of nitrogens with two attached hydrogens (primary N) is 1. The Balaban J connectivity index is 2.19. The maximum Gasteiger partial charge on any atom is 0.316 e. The van der Waals surface area contributed by atoms with E-state index in [0.717, 1.165) is 0 Å². The van der Waals surface area contributed by atoms with Crippen LogP contribution in [0.2, 0.25) is 0 Å². The topological polar surface area (TPSA) is 105 Å². The van der Waals surface area contributed by atoms with Crippen molar-refractivity contribution in [3.05, 3.63) is 29.8 Å². The third kappa shape index (κ3) is 2.96. The Morgan fingerprint density at radius 2 is 1.90 bits per heavy atom. The number of piperazine rings is 1. The van der Waals surface area contributed by atoms with Gasteiger partial charge in [0.2, 0.25) is 5.91 Å². The van der Waals surface area contributed by atoms with Crippen molar-refractivity contribution in [1.29, 1.82) is 0 Å². The van der Waals surface area contributed by atoms with E-state index in [1.54, 1.807) is 43.0 Å². The fourth-order valence-corrected chi connectivity index (χ4v) is 2.25. The molecule has 1 fully saturated rings. The van der Waals surface area contributed by atoms with Gasteiger partial charge in [0.15, 0.2) is 0 Å². The average Bonchev–Trinajstić information content (AvgIpc) is 2.41. The molecule has 1 aromatic rings. The van der Waals surface area contributed by atoms with Gasteiger partial charge in [-0.1, -0.05) is 0 Å². The molecule has 0 saturated carbocycles. The number of nitrogens with one attached hydrogen (secondary N) is 2. The number of carbonyl (C=O) groups excluding carboxylic acids is 3. The smallest absolute Gasteiger partial charge is 0.316 e. The first-order chi connectivity index (χ1) is 9.82. The van der Waals surface area contributed by atoms with E-state index in [1.165, 1.54) is 0 Å². The summed E-state index contributed by atoms with van der Waals surface area (Å²) in [5, 5.41) is 5.17. The van der Waals surface area contributed by atoms with Crippen LogP contribution in [0.4, 0.5) is 10.5 Å². The summed E-state index contributed by atoms with van der Waals surface area (Å²) in [5.41, 5.74) is 5.09. The van der Waals surface area contributed by atoms with Crippen LogP contribution in [0.25, 0.3) is 0 Å². The van der Waals surface area contributed by atoms with Gasteiger partial charge in [-0.15, -0.1) is 0 Å². The van der Waals surface area contributed by atoms with E-state index in [4.69, 9.17) is 5.73 Å². The predicted molar refractivity (Wildman–Crippen MR) is 77.8 cm³/mol. The van der Waals surface area contributed by atoms with Crippen LogP contribution < -0.4 is 16.4 Å². The second kappa shape index (κ2) is 5.43. The molecule has 7 nitrogen and oxygen atoms in total. The summed E-state index contributed by atoms with van der Waals surface area (Å²) in [6, 6.07) is 5.71. The molecule has 7 heteroatoms. The van der Waals surface area contributed by atoms with Crippen molar-refractivity contribution >= 4 is 23.5 Å². The van der Waals surface area contributed by atoms with Crippen molar-refractivity contribution in [2.45, 2.75) is 19.4 Å². The number of amides is 4. The summed E-state index contributed by atoms with van der Waals surface area (Å²) in [7, 11) is 0. The molecule has 4 N–H and O–H groups in total. The molecule has 1 heterocycles. The standard InChI is InChI=1S/C14H18N4O3/c1-14(2)12(20)16-7-8-18(14)11(19)9-3-5-10(6-4-9)17-13(15)21/h3-6H,7-8H2,1-2H3,(H,16,20)(H3,15,17,21). The second-order valence-corrected chi connectivity index (χ2v) is 5.34. The molecule has 1 aromatic carbocycles. The van der Waals surface area contributed by atoms with Gasteiger partial charge in [-0.3, -0.25) is 9.59 Å². The van der Waals surface area contributed by atoms with Gasteiger partial charge in [-0.05, 0) is 38.1 Å². The molecule has 0 spiro atoms. The lowest BCUT2D eigenvalue weighted by Gasteiger charge is -2.41. The van der Waals surface area contributed by atoms with Gasteiger partial charge in [0, 0.05) is 24.3 Å². The summed E-state index contributed by atoms with van der Waals surface area (Å²) >= 11 is 0. The number of benzene rings is 1. The van der Waals surface area contributed by atoms with Crippen LogP contribution in [-0.2, 0) is 4.79 Å². The third-order valence-electron chi connectivity index (χ3n) is 3.50. The van der Waals surface area contributed by atoms with Crippen LogP contribution >= 0.6 is 0 Å². The molecule has 0 atom stereocenters. The first-order valence-electron chi connectivity index (χ1n) is 6.59. The molecule has 2 rings (SSSR count). The zero-order chi connectivity index (χ0) is 15.6. The fraction of sp³-hybridized carbons (Fsp3) is 0.357. The number of primary amides is 1. The molecule has 1 saturated heterocycles. The summed E-state index contributed by atoms with van der Waals surface area (Å²) in [6.07, 6.45) is 0. The summed E-state index contributed by atoms with van der Waals surface area (Å²) < 4.78 is 0. The molecule has 0 aliphatic carbocycles. The molecule has 0 unspecified atom stereocenters. The Kier molecular flexibility index (Phi) is 3.84. The quantitative estimate of drug-likeness (QED) is 0.739. The van der Waals surface area contributed by atoms with Gasteiger partial charge < -0.3 is 21.3 Å². The van der Waals surface area contributed by atoms with E-state index >= 15 is 0 Å². The third-order valence-corrected chi connectivity index (χ3v) is 3.50. The molecule has 4 amide bonds. The lowest BCUT2D eigenvalue weighted by atomic mass is 9.97. The normalized spacial score (nSPS) is 17.0. The summed E-state index contributed by atoms with van der Waals surface area (Å²) in [4.78, 5) is 36.7. The number of anilines is 1. The molecule has 1 aliphatic rings. The Labute approximate surface area is 122 Å². The minimum atomic E-state index is -0.889. The predicted octanol–water partition coefficient (Wildman–Crippen LogP) is 0.528. The van der Waals surface area contributed by atoms with Crippen LogP contribution in [0.15, 0.2) is 24.3 Å². The first-order valence-corrected chi connectivity index (χ1v) is 6.59. The second-order valence-electron chi connectivity index (χ2n) is 5.34. The van der Waals surface area contributed by atoms with Crippen LogP contribution in [0.3, 0.4) is 0 Å². The molecule has 112 valence electrons. The molecular weight excluding hydrogens is 272 g/mol. The Bertz CT molecular complexity index is 580. The lowest BCUT2D eigenvalue weighted by molar-refractivity contribution is -0.133. The average molecular weight is 290 g/mol. The Morgan fingerprint density at radius 3 is 2.48 bits per heavy atom. The Morgan fingerprint density at radius 1 is 1.29 bits per heavy atom. The number of hydrogen-bond acceptors (Lipinski definition) is 3. The number of carbonyl (C=O) groups is 3. The maximum atomic E-state index is 12.5. The van der Waals surface area contributed by atoms with Crippen LogP contribution in [-0.4, -0.2) is 41.4 Å². The minimum absolute atomic E-state index is 0.172. The van der Waals surface area contributed by atoms with Crippen molar-refractivity contribution in [3.8, 4) is 0 Å². The summed E-state index contributed by atoms with van der Waals surface area (Å²) in [6.45, 7) is 4.32. The van der Waals surface area contributed by atoms with Crippen LogP contribution in [0.5, 0.6) is 0 Å². The minimum Gasteiger partial charge on any atom is -0.352 e. The molecule has 21 heavy (non-hydrogen) atoms. The van der Waals surface area contributed by atoms with E-state index in [1.807, 2.05) is 0 Å². The van der Waals surface area contributed by atoms with E-state index < -0.39 is 11.6 Å². The van der Waals surface area contributed by atoms with Crippen molar-refractivity contribution < 1.29 is 14.4 Å². The fourth-order valence-electron chi connectivity index (χ4n) is 2.25.